The van der Waals surface area contributed by atoms with E-state index in [0.29, 0.717) is 23.0 Å². The second-order valence-corrected chi connectivity index (χ2v) is 6.83. The lowest BCUT2D eigenvalue weighted by molar-refractivity contribution is 0.355. The molecule has 9 heteroatoms. The predicted octanol–water partition coefficient (Wildman–Crippen LogP) is 3.68. The molecule has 0 amide bonds. The van der Waals surface area contributed by atoms with Crippen LogP contribution in [0, 0.1) is 0 Å². The molecule has 0 saturated carbocycles. The van der Waals surface area contributed by atoms with Crippen molar-refractivity contribution in [2.24, 2.45) is 0 Å². The number of hydrogen-bond donors (Lipinski definition) is 2. The Kier molecular flexibility index (Phi) is 4.47. The van der Waals surface area contributed by atoms with Gasteiger partial charge in [-0.15, -0.1) is 0 Å². The second kappa shape index (κ2) is 7.45. The molecule has 0 spiro atoms. The number of hydrogen-bond acceptors (Lipinski definition) is 8. The molecule has 9 nitrogen and oxygen atoms in total. The Morgan fingerprint density at radius 1 is 0.968 bits per heavy atom. The van der Waals surface area contributed by atoms with E-state index in [-0.39, 0.29) is 5.95 Å². The van der Waals surface area contributed by atoms with E-state index in [2.05, 4.69) is 20.3 Å². The number of nitrogens with two attached hydrogens (primary N) is 1. The third-order valence-corrected chi connectivity index (χ3v) is 4.91. The molecule has 2 aromatic carbocycles. The number of benzene rings is 2. The molecule has 154 valence electrons. The van der Waals surface area contributed by atoms with Crippen LogP contribution >= 0.6 is 0 Å². The summed E-state index contributed by atoms with van der Waals surface area (Å²) in [5, 5.41) is 4.23. The fraction of sp³-hybridized carbons (Fsp3) is 0.0909. The molecule has 0 radical (unpaired) electrons. The molecule has 0 aliphatic rings. The number of rotatable bonds is 5. The van der Waals surface area contributed by atoms with Crippen LogP contribution in [0.25, 0.3) is 27.8 Å². The molecule has 31 heavy (non-hydrogen) atoms. The highest BCUT2D eigenvalue weighted by molar-refractivity contribution is 5.84. The summed E-state index contributed by atoms with van der Waals surface area (Å²) in [5.41, 5.74) is 9.66. The number of anilines is 3. The van der Waals surface area contributed by atoms with Gasteiger partial charge in [-0.1, -0.05) is 6.07 Å². The van der Waals surface area contributed by atoms with Crippen LogP contribution in [0.1, 0.15) is 0 Å². The average molecular weight is 413 g/mol. The minimum Gasteiger partial charge on any atom is -0.493 e. The summed E-state index contributed by atoms with van der Waals surface area (Å²) < 4.78 is 12.6. The van der Waals surface area contributed by atoms with E-state index >= 15 is 0 Å². The summed E-state index contributed by atoms with van der Waals surface area (Å²) in [6.07, 6.45) is 7.25. The maximum Gasteiger partial charge on any atom is 0.220 e. The number of nitrogen functional groups attached to an aromatic ring is 1. The highest BCUT2D eigenvalue weighted by atomic mass is 16.5. The Bertz CT molecular complexity index is 1410. The summed E-state index contributed by atoms with van der Waals surface area (Å²) in [6, 6.07) is 11.4. The second-order valence-electron chi connectivity index (χ2n) is 6.83. The van der Waals surface area contributed by atoms with Crippen molar-refractivity contribution in [2.75, 3.05) is 25.3 Å². The van der Waals surface area contributed by atoms with Gasteiger partial charge in [-0.25, -0.2) is 19.9 Å². The van der Waals surface area contributed by atoms with Gasteiger partial charge in [0.05, 0.1) is 25.4 Å². The number of methoxy groups -OCH3 is 2. The Morgan fingerprint density at radius 3 is 2.68 bits per heavy atom. The van der Waals surface area contributed by atoms with Crippen LogP contribution in [0.2, 0.25) is 0 Å². The highest BCUT2D eigenvalue weighted by Crippen LogP contribution is 2.32. The van der Waals surface area contributed by atoms with Crippen molar-refractivity contribution in [2.45, 2.75) is 0 Å². The van der Waals surface area contributed by atoms with Crippen LogP contribution in [-0.2, 0) is 0 Å². The van der Waals surface area contributed by atoms with Gasteiger partial charge in [-0.05, 0) is 24.3 Å². The first kappa shape index (κ1) is 18.6. The van der Waals surface area contributed by atoms with Crippen molar-refractivity contribution in [1.29, 1.82) is 0 Å². The molecular formula is C22H19N7O2. The van der Waals surface area contributed by atoms with E-state index in [0.717, 1.165) is 27.8 Å². The largest absolute Gasteiger partial charge is 0.493 e. The molecule has 3 heterocycles. The Morgan fingerprint density at radius 2 is 1.84 bits per heavy atom. The summed E-state index contributed by atoms with van der Waals surface area (Å²) in [6.45, 7) is 0. The number of imidazole rings is 1. The van der Waals surface area contributed by atoms with E-state index in [1.165, 1.54) is 0 Å². The van der Waals surface area contributed by atoms with Gasteiger partial charge in [-0.2, -0.15) is 0 Å². The summed E-state index contributed by atoms with van der Waals surface area (Å²) in [4.78, 5) is 17.6. The van der Waals surface area contributed by atoms with Crippen LogP contribution in [-0.4, -0.2) is 38.6 Å². The molecule has 0 aliphatic carbocycles. The summed E-state index contributed by atoms with van der Waals surface area (Å²) in [7, 11) is 3.21. The number of aromatic nitrogens is 5. The van der Waals surface area contributed by atoms with E-state index in [4.69, 9.17) is 20.2 Å². The molecular weight excluding hydrogens is 394 g/mol. The lowest BCUT2D eigenvalue weighted by Crippen LogP contribution is -2.01. The number of nitrogens with zero attached hydrogens (tertiary/aromatic N) is 5. The fourth-order valence-electron chi connectivity index (χ4n) is 3.41. The van der Waals surface area contributed by atoms with Crippen LogP contribution in [0.3, 0.4) is 0 Å². The lowest BCUT2D eigenvalue weighted by Gasteiger charge is -2.13. The molecule has 0 saturated heterocycles. The normalized spacial score (nSPS) is 11.0. The molecule has 3 aromatic heterocycles. The monoisotopic (exact) mass is 413 g/mol. The Labute approximate surface area is 177 Å². The van der Waals surface area contributed by atoms with Crippen LogP contribution < -0.4 is 20.5 Å². The lowest BCUT2D eigenvalue weighted by atomic mass is 10.1. The van der Waals surface area contributed by atoms with Crippen molar-refractivity contribution < 1.29 is 9.47 Å². The zero-order chi connectivity index (χ0) is 21.4. The first-order valence-corrected chi connectivity index (χ1v) is 9.50. The topological polar surface area (TPSA) is 112 Å². The quantitative estimate of drug-likeness (QED) is 0.449. The average Bonchev–Trinajstić information content (AvgIpc) is 3.27. The van der Waals surface area contributed by atoms with Crippen molar-refractivity contribution in [3.05, 3.63) is 61.2 Å². The number of ether oxygens (including phenoxy) is 2. The zero-order valence-corrected chi connectivity index (χ0v) is 16.9. The minimum atomic E-state index is 0.250. The fourth-order valence-corrected chi connectivity index (χ4v) is 3.41. The summed E-state index contributed by atoms with van der Waals surface area (Å²) >= 11 is 0. The first-order valence-electron chi connectivity index (χ1n) is 9.50. The van der Waals surface area contributed by atoms with Crippen molar-refractivity contribution in [3.8, 4) is 22.8 Å². The van der Waals surface area contributed by atoms with Gasteiger partial charge in [0.25, 0.3) is 0 Å². The predicted molar refractivity (Wildman–Crippen MR) is 119 cm³/mol. The molecule has 5 aromatic rings. The Balaban J connectivity index is 1.58. The van der Waals surface area contributed by atoms with Crippen LogP contribution in [0.5, 0.6) is 11.5 Å². The molecule has 3 N–H and O–H groups in total. The summed E-state index contributed by atoms with van der Waals surface area (Å²) in [5.74, 6) is 2.14. The Hall–Kier alpha value is -4.40. The molecule has 0 bridgehead atoms. The molecule has 0 fully saturated rings. The third-order valence-electron chi connectivity index (χ3n) is 4.91. The van der Waals surface area contributed by atoms with Gasteiger partial charge in [0.2, 0.25) is 5.95 Å². The van der Waals surface area contributed by atoms with E-state index < -0.39 is 0 Å². The first-order chi connectivity index (χ1) is 15.1. The van der Waals surface area contributed by atoms with Gasteiger partial charge in [0.15, 0.2) is 23.0 Å². The van der Waals surface area contributed by atoms with E-state index in [1.54, 1.807) is 26.6 Å². The third kappa shape index (κ3) is 3.42. The van der Waals surface area contributed by atoms with Crippen molar-refractivity contribution >= 4 is 34.0 Å². The smallest absolute Gasteiger partial charge is 0.220 e. The van der Waals surface area contributed by atoms with Gasteiger partial charge in [0, 0.05) is 47.5 Å². The van der Waals surface area contributed by atoms with Gasteiger partial charge < -0.3 is 24.9 Å². The van der Waals surface area contributed by atoms with Crippen LogP contribution in [0.4, 0.5) is 17.5 Å². The van der Waals surface area contributed by atoms with E-state index in [1.807, 2.05) is 53.2 Å². The number of nitrogens with one attached hydrogen (secondary N) is 1. The van der Waals surface area contributed by atoms with Gasteiger partial charge in [-0.3, -0.25) is 0 Å². The van der Waals surface area contributed by atoms with Gasteiger partial charge >= 0.3 is 0 Å². The number of fused-ring (bicyclic) bond motifs is 2. The molecule has 0 aliphatic heterocycles. The van der Waals surface area contributed by atoms with E-state index in [9.17, 15) is 0 Å². The van der Waals surface area contributed by atoms with Crippen molar-refractivity contribution in [1.82, 2.24) is 24.3 Å². The maximum absolute atomic E-state index is 5.69. The highest BCUT2D eigenvalue weighted by Gasteiger charge is 2.12. The maximum atomic E-state index is 5.69. The standard InChI is InChI=1S/C22H19N7O2/c1-30-18-6-4-15(10-19(18)31-2)26-20-21-24-7-8-29(21)12-17(27-20)13-3-5-16-14(9-13)11-25-22(23)28-16/h3-12H,1-2H3,(H,26,27)(H2,23,25,28). The SMILES string of the molecule is COc1ccc(Nc2nc(-c3ccc4nc(N)ncc4c3)cn3ccnc23)cc1OC. The van der Waals surface area contributed by atoms with Crippen molar-refractivity contribution in [3.63, 3.8) is 0 Å². The minimum absolute atomic E-state index is 0.250. The zero-order valence-electron chi connectivity index (χ0n) is 16.9. The van der Waals surface area contributed by atoms with Gasteiger partial charge in [0.1, 0.15) is 0 Å². The molecule has 0 unspecified atom stereocenters. The molecule has 5 rings (SSSR count). The van der Waals surface area contributed by atoms with Crippen LogP contribution in [0.15, 0.2) is 61.2 Å². The molecule has 0 atom stereocenters.